The van der Waals surface area contributed by atoms with E-state index in [4.69, 9.17) is 14.6 Å². The lowest BCUT2D eigenvalue weighted by Crippen LogP contribution is -2.03. The standard InChI is InChI=1S/C13H16O4/c1-2-11-12(17-11)7-8-16-10-5-3-9(4-6-10)13(14)15/h3-6,11-12H,2,7-8H2,1H3,(H,14,15). The van der Waals surface area contributed by atoms with Crippen molar-refractivity contribution < 1.29 is 19.4 Å². The Morgan fingerprint density at radius 3 is 2.59 bits per heavy atom. The van der Waals surface area contributed by atoms with E-state index in [9.17, 15) is 4.79 Å². The Morgan fingerprint density at radius 1 is 1.35 bits per heavy atom. The van der Waals surface area contributed by atoms with Gasteiger partial charge in [-0.25, -0.2) is 4.79 Å². The number of benzene rings is 1. The van der Waals surface area contributed by atoms with E-state index in [-0.39, 0.29) is 5.56 Å². The van der Waals surface area contributed by atoms with Crippen molar-refractivity contribution in [1.29, 1.82) is 0 Å². The molecular weight excluding hydrogens is 220 g/mol. The van der Waals surface area contributed by atoms with E-state index in [0.29, 0.717) is 24.6 Å². The number of aromatic carboxylic acids is 1. The second-order valence-electron chi connectivity index (χ2n) is 4.09. The molecule has 2 unspecified atom stereocenters. The van der Waals surface area contributed by atoms with Crippen molar-refractivity contribution in [2.24, 2.45) is 0 Å². The van der Waals surface area contributed by atoms with Gasteiger partial charge in [-0.2, -0.15) is 0 Å². The van der Waals surface area contributed by atoms with E-state index in [1.54, 1.807) is 24.3 Å². The van der Waals surface area contributed by atoms with Crippen molar-refractivity contribution >= 4 is 5.97 Å². The molecule has 1 aromatic rings. The van der Waals surface area contributed by atoms with Crippen LogP contribution in [0.3, 0.4) is 0 Å². The maximum absolute atomic E-state index is 10.6. The molecule has 0 amide bonds. The first kappa shape index (κ1) is 11.9. The van der Waals surface area contributed by atoms with E-state index in [2.05, 4.69) is 6.92 Å². The van der Waals surface area contributed by atoms with E-state index in [0.717, 1.165) is 12.8 Å². The Kier molecular flexibility index (Phi) is 3.64. The SMILES string of the molecule is CCC1OC1CCOc1ccc(C(=O)O)cc1. The minimum absolute atomic E-state index is 0.272. The quantitative estimate of drug-likeness (QED) is 0.770. The highest BCUT2D eigenvalue weighted by molar-refractivity contribution is 5.87. The number of hydrogen-bond donors (Lipinski definition) is 1. The fourth-order valence-electron chi connectivity index (χ4n) is 1.78. The van der Waals surface area contributed by atoms with Gasteiger partial charge in [0.15, 0.2) is 0 Å². The number of carbonyl (C=O) groups is 1. The van der Waals surface area contributed by atoms with Gasteiger partial charge < -0.3 is 14.6 Å². The maximum Gasteiger partial charge on any atom is 0.335 e. The molecule has 92 valence electrons. The van der Waals surface area contributed by atoms with E-state index in [1.807, 2.05) is 0 Å². The van der Waals surface area contributed by atoms with Gasteiger partial charge in [0, 0.05) is 6.42 Å². The van der Waals surface area contributed by atoms with Gasteiger partial charge in [-0.05, 0) is 30.7 Å². The molecule has 2 rings (SSSR count). The summed E-state index contributed by atoms with van der Waals surface area (Å²) in [5.41, 5.74) is 0.272. The zero-order valence-corrected chi connectivity index (χ0v) is 9.76. The van der Waals surface area contributed by atoms with Crippen molar-refractivity contribution in [1.82, 2.24) is 0 Å². The molecule has 0 radical (unpaired) electrons. The predicted molar refractivity (Wildman–Crippen MR) is 62.5 cm³/mol. The summed E-state index contributed by atoms with van der Waals surface area (Å²) in [6.45, 7) is 2.71. The predicted octanol–water partition coefficient (Wildman–Crippen LogP) is 2.33. The zero-order valence-electron chi connectivity index (χ0n) is 9.76. The van der Waals surface area contributed by atoms with Gasteiger partial charge in [0.2, 0.25) is 0 Å². The molecule has 1 aliphatic heterocycles. The molecule has 4 nitrogen and oxygen atoms in total. The van der Waals surface area contributed by atoms with E-state index in [1.165, 1.54) is 0 Å². The van der Waals surface area contributed by atoms with Crippen molar-refractivity contribution in [3.63, 3.8) is 0 Å². The third kappa shape index (κ3) is 3.20. The van der Waals surface area contributed by atoms with Gasteiger partial charge >= 0.3 is 5.97 Å². The van der Waals surface area contributed by atoms with Crippen LogP contribution in [0.25, 0.3) is 0 Å². The second-order valence-corrected chi connectivity index (χ2v) is 4.09. The fraction of sp³-hybridized carbons (Fsp3) is 0.462. The summed E-state index contributed by atoms with van der Waals surface area (Å²) in [5, 5.41) is 8.73. The number of carboxylic acid groups (broad SMARTS) is 1. The van der Waals surface area contributed by atoms with Gasteiger partial charge in [-0.1, -0.05) is 6.92 Å². The van der Waals surface area contributed by atoms with Crippen LogP contribution in [0.2, 0.25) is 0 Å². The smallest absolute Gasteiger partial charge is 0.335 e. The Balaban J connectivity index is 1.74. The van der Waals surface area contributed by atoms with E-state index >= 15 is 0 Å². The Morgan fingerprint density at radius 2 is 2.06 bits per heavy atom. The maximum atomic E-state index is 10.6. The molecule has 4 heteroatoms. The monoisotopic (exact) mass is 236 g/mol. The molecule has 1 fully saturated rings. The van der Waals surface area contributed by atoms with Gasteiger partial charge in [-0.15, -0.1) is 0 Å². The Labute approximate surface area is 100 Å². The molecule has 0 aromatic heterocycles. The topological polar surface area (TPSA) is 59.1 Å². The van der Waals surface area contributed by atoms with Gasteiger partial charge in [-0.3, -0.25) is 0 Å². The van der Waals surface area contributed by atoms with Crippen LogP contribution >= 0.6 is 0 Å². The minimum Gasteiger partial charge on any atom is -0.493 e. The van der Waals surface area contributed by atoms with Crippen molar-refractivity contribution in [2.45, 2.75) is 32.0 Å². The normalized spacial score (nSPS) is 22.2. The van der Waals surface area contributed by atoms with Crippen LogP contribution in [-0.2, 0) is 4.74 Å². The number of rotatable bonds is 6. The molecule has 17 heavy (non-hydrogen) atoms. The van der Waals surface area contributed by atoms with Crippen LogP contribution in [0.4, 0.5) is 0 Å². The molecule has 1 N–H and O–H groups in total. The molecule has 1 aliphatic rings. The summed E-state index contributed by atoms with van der Waals surface area (Å²) in [5.74, 6) is -0.225. The number of hydrogen-bond acceptors (Lipinski definition) is 3. The molecule has 1 saturated heterocycles. The van der Waals surface area contributed by atoms with Crippen LogP contribution in [-0.4, -0.2) is 29.9 Å². The highest BCUT2D eigenvalue weighted by Crippen LogP contribution is 2.27. The average Bonchev–Trinajstić information content (AvgIpc) is 3.08. The highest BCUT2D eigenvalue weighted by atomic mass is 16.6. The van der Waals surface area contributed by atoms with Gasteiger partial charge in [0.25, 0.3) is 0 Å². The molecule has 0 aliphatic carbocycles. The molecule has 0 saturated carbocycles. The second kappa shape index (κ2) is 5.19. The van der Waals surface area contributed by atoms with Crippen LogP contribution in [0.15, 0.2) is 24.3 Å². The van der Waals surface area contributed by atoms with Crippen molar-refractivity contribution in [3.8, 4) is 5.75 Å². The summed E-state index contributed by atoms with van der Waals surface area (Å²) < 4.78 is 10.9. The molecule has 1 heterocycles. The van der Waals surface area contributed by atoms with Gasteiger partial charge in [0.05, 0.1) is 24.4 Å². The summed E-state index contributed by atoms with van der Waals surface area (Å²) in [6, 6.07) is 6.43. The first-order valence-electron chi connectivity index (χ1n) is 5.82. The van der Waals surface area contributed by atoms with Crippen LogP contribution in [0.5, 0.6) is 5.75 Å². The molecule has 2 atom stereocenters. The van der Waals surface area contributed by atoms with Crippen LogP contribution in [0, 0.1) is 0 Å². The zero-order chi connectivity index (χ0) is 12.3. The third-order valence-electron chi connectivity index (χ3n) is 2.86. The molecule has 0 spiro atoms. The Hall–Kier alpha value is -1.55. The number of ether oxygens (including phenoxy) is 2. The first-order valence-corrected chi connectivity index (χ1v) is 5.82. The lowest BCUT2D eigenvalue weighted by Gasteiger charge is -2.04. The van der Waals surface area contributed by atoms with Crippen molar-refractivity contribution in [3.05, 3.63) is 29.8 Å². The number of carboxylic acids is 1. The van der Waals surface area contributed by atoms with Crippen LogP contribution < -0.4 is 4.74 Å². The number of epoxide rings is 1. The van der Waals surface area contributed by atoms with Crippen molar-refractivity contribution in [2.75, 3.05) is 6.61 Å². The largest absolute Gasteiger partial charge is 0.493 e. The first-order chi connectivity index (χ1) is 8.20. The molecule has 0 bridgehead atoms. The molecule has 1 aromatic carbocycles. The van der Waals surface area contributed by atoms with Crippen LogP contribution in [0.1, 0.15) is 30.1 Å². The minimum atomic E-state index is -0.922. The lowest BCUT2D eigenvalue weighted by atomic mass is 10.2. The highest BCUT2D eigenvalue weighted by Gasteiger charge is 2.36. The fourth-order valence-corrected chi connectivity index (χ4v) is 1.78. The summed E-state index contributed by atoms with van der Waals surface area (Å²) in [6.07, 6.45) is 2.70. The molecular formula is C13H16O4. The third-order valence-corrected chi connectivity index (χ3v) is 2.86. The van der Waals surface area contributed by atoms with E-state index < -0.39 is 5.97 Å². The van der Waals surface area contributed by atoms with Gasteiger partial charge in [0.1, 0.15) is 5.75 Å². The summed E-state index contributed by atoms with van der Waals surface area (Å²) in [4.78, 5) is 10.6. The summed E-state index contributed by atoms with van der Waals surface area (Å²) in [7, 11) is 0. The average molecular weight is 236 g/mol. The lowest BCUT2D eigenvalue weighted by molar-refractivity contribution is 0.0697. The summed E-state index contributed by atoms with van der Waals surface area (Å²) >= 11 is 0. The Bertz CT molecular complexity index is 385.